The molecule has 1 aromatic carbocycles. The van der Waals surface area contributed by atoms with Gasteiger partial charge in [0.25, 0.3) is 0 Å². The van der Waals surface area contributed by atoms with Gasteiger partial charge in [-0.3, -0.25) is 4.79 Å². The van der Waals surface area contributed by atoms with Gasteiger partial charge in [-0.15, -0.1) is 0 Å². The van der Waals surface area contributed by atoms with Crippen molar-refractivity contribution >= 4 is 27.4 Å². The predicted molar refractivity (Wildman–Crippen MR) is 99.9 cm³/mol. The number of hydrogen-bond donors (Lipinski definition) is 2. The fourth-order valence-electron chi connectivity index (χ4n) is 3.55. The Hall–Kier alpha value is -2.68. The summed E-state index contributed by atoms with van der Waals surface area (Å²) in [6, 6.07) is 6.70. The molecular formula is C18H21N3O5S. The van der Waals surface area contributed by atoms with Crippen LogP contribution in [0.5, 0.6) is 0 Å². The summed E-state index contributed by atoms with van der Waals surface area (Å²) in [7, 11) is -3.55. The molecule has 1 aliphatic carbocycles. The maximum Gasteiger partial charge on any atom is 0.339 e. The van der Waals surface area contributed by atoms with Crippen LogP contribution in [0.2, 0.25) is 0 Å². The molecule has 0 radical (unpaired) electrons. The van der Waals surface area contributed by atoms with Crippen molar-refractivity contribution in [2.24, 2.45) is 0 Å². The smallest absolute Gasteiger partial charge is 0.339 e. The molecule has 2 aromatic rings. The highest BCUT2D eigenvalue weighted by atomic mass is 32.2. The van der Waals surface area contributed by atoms with Crippen LogP contribution in [0.15, 0.2) is 30.5 Å². The maximum absolute atomic E-state index is 12.8. The van der Waals surface area contributed by atoms with Crippen LogP contribution < -0.4 is 5.32 Å². The Kier molecular flexibility index (Phi) is 4.81. The molecule has 1 aliphatic rings. The molecule has 27 heavy (non-hydrogen) atoms. The van der Waals surface area contributed by atoms with Crippen LogP contribution in [-0.2, 0) is 14.6 Å². The van der Waals surface area contributed by atoms with E-state index >= 15 is 0 Å². The lowest BCUT2D eigenvalue weighted by Crippen LogP contribution is -2.47. The highest BCUT2D eigenvalue weighted by Gasteiger charge is 2.49. The second kappa shape index (κ2) is 6.80. The second-order valence-electron chi connectivity index (χ2n) is 6.84. The number of hydrogen-bond acceptors (Lipinski definition) is 5. The van der Waals surface area contributed by atoms with Crippen LogP contribution >= 0.6 is 0 Å². The zero-order valence-electron chi connectivity index (χ0n) is 15.1. The van der Waals surface area contributed by atoms with E-state index in [1.165, 1.54) is 10.9 Å². The zero-order chi connectivity index (χ0) is 19.8. The summed E-state index contributed by atoms with van der Waals surface area (Å²) >= 11 is 0. The normalized spacial score (nSPS) is 16.2. The number of sulfone groups is 1. The molecule has 0 bridgehead atoms. The van der Waals surface area contributed by atoms with Crippen molar-refractivity contribution in [3.05, 3.63) is 41.7 Å². The number of benzene rings is 1. The van der Waals surface area contributed by atoms with Gasteiger partial charge in [0.1, 0.15) is 5.56 Å². The van der Waals surface area contributed by atoms with Crippen molar-refractivity contribution in [3.63, 3.8) is 0 Å². The Bertz CT molecular complexity index is 1000. The molecular weight excluding hydrogens is 370 g/mol. The number of nitrogens with one attached hydrogen (secondary N) is 1. The van der Waals surface area contributed by atoms with E-state index in [0.29, 0.717) is 42.8 Å². The fourth-order valence-corrected chi connectivity index (χ4v) is 4.97. The monoisotopic (exact) mass is 391 g/mol. The first-order valence-corrected chi connectivity index (χ1v) is 10.4. The molecule has 144 valence electrons. The minimum absolute atomic E-state index is 0.0893. The SMILES string of the molecule is Cc1c(C(=O)O)cnn1-c1cccc(NC(=O)C2(S(C)(=O)=O)CCCC2)c1. The molecule has 9 heteroatoms. The van der Waals surface area contributed by atoms with E-state index in [2.05, 4.69) is 10.4 Å². The van der Waals surface area contributed by atoms with Gasteiger partial charge in [-0.05, 0) is 38.0 Å². The molecule has 0 atom stereocenters. The van der Waals surface area contributed by atoms with Crippen LogP contribution in [0.4, 0.5) is 5.69 Å². The van der Waals surface area contributed by atoms with E-state index < -0.39 is 26.5 Å². The summed E-state index contributed by atoms with van der Waals surface area (Å²) in [5.41, 5.74) is 1.54. The van der Waals surface area contributed by atoms with E-state index in [-0.39, 0.29) is 5.56 Å². The van der Waals surface area contributed by atoms with Crippen LogP contribution in [0.1, 0.15) is 41.7 Å². The van der Waals surface area contributed by atoms with Crippen LogP contribution in [0.25, 0.3) is 5.69 Å². The molecule has 3 rings (SSSR count). The third-order valence-corrected chi connectivity index (χ3v) is 7.14. The molecule has 2 N–H and O–H groups in total. The first kappa shape index (κ1) is 19.1. The average Bonchev–Trinajstić information content (AvgIpc) is 3.22. The van der Waals surface area contributed by atoms with Crippen molar-refractivity contribution in [1.29, 1.82) is 0 Å². The highest BCUT2D eigenvalue weighted by molar-refractivity contribution is 7.92. The van der Waals surface area contributed by atoms with Gasteiger partial charge in [-0.1, -0.05) is 18.9 Å². The first-order chi connectivity index (χ1) is 12.7. The summed E-state index contributed by atoms with van der Waals surface area (Å²) in [5.74, 6) is -1.59. The molecule has 1 fully saturated rings. The van der Waals surface area contributed by atoms with Gasteiger partial charge in [0, 0.05) is 11.9 Å². The quantitative estimate of drug-likeness (QED) is 0.806. The molecule has 0 spiro atoms. The van der Waals surface area contributed by atoms with Gasteiger partial charge in [-0.25, -0.2) is 17.9 Å². The summed E-state index contributed by atoms with van der Waals surface area (Å²) in [5, 5.41) is 16.0. The third-order valence-electron chi connectivity index (χ3n) is 5.12. The summed E-state index contributed by atoms with van der Waals surface area (Å²) < 4.78 is 24.6. The minimum Gasteiger partial charge on any atom is -0.478 e. The molecule has 1 saturated carbocycles. The number of nitrogens with zero attached hydrogens (tertiary/aromatic N) is 2. The summed E-state index contributed by atoms with van der Waals surface area (Å²) in [6.45, 7) is 1.64. The number of anilines is 1. The van der Waals surface area contributed by atoms with E-state index in [0.717, 1.165) is 6.26 Å². The van der Waals surface area contributed by atoms with E-state index in [1.807, 2.05) is 0 Å². The predicted octanol–water partition coefficient (Wildman–Crippen LogP) is 2.17. The Morgan fingerprint density at radius 3 is 2.48 bits per heavy atom. The molecule has 0 aliphatic heterocycles. The Morgan fingerprint density at radius 1 is 1.26 bits per heavy atom. The standard InChI is InChI=1S/C18H21N3O5S/c1-12-15(16(22)23)11-19-21(12)14-7-5-6-13(10-14)20-17(24)18(27(2,25)26)8-3-4-9-18/h5-7,10-11H,3-4,8-9H2,1-2H3,(H,20,24)(H,22,23). The number of carboxylic acids is 1. The number of aromatic carboxylic acids is 1. The zero-order valence-corrected chi connectivity index (χ0v) is 15.9. The van der Waals surface area contributed by atoms with Gasteiger partial charge in [0.15, 0.2) is 14.6 Å². The number of rotatable bonds is 5. The van der Waals surface area contributed by atoms with Crippen molar-refractivity contribution in [1.82, 2.24) is 9.78 Å². The average molecular weight is 391 g/mol. The lowest BCUT2D eigenvalue weighted by Gasteiger charge is -2.25. The summed E-state index contributed by atoms with van der Waals surface area (Å²) in [4.78, 5) is 24.0. The third kappa shape index (κ3) is 3.34. The molecule has 1 heterocycles. The fraction of sp³-hybridized carbons (Fsp3) is 0.389. The Labute approximate surface area is 157 Å². The van der Waals surface area contributed by atoms with Crippen molar-refractivity contribution in [2.45, 2.75) is 37.4 Å². The van der Waals surface area contributed by atoms with E-state index in [9.17, 15) is 18.0 Å². The maximum atomic E-state index is 12.8. The molecule has 0 saturated heterocycles. The molecule has 8 nitrogen and oxygen atoms in total. The van der Waals surface area contributed by atoms with Gasteiger partial charge in [0.2, 0.25) is 5.91 Å². The van der Waals surface area contributed by atoms with Gasteiger partial charge in [0.05, 0.1) is 17.6 Å². The minimum atomic E-state index is -3.55. The van der Waals surface area contributed by atoms with Crippen LogP contribution in [-0.4, -0.2) is 46.2 Å². The molecule has 1 amide bonds. The number of carbonyl (C=O) groups excluding carboxylic acids is 1. The summed E-state index contributed by atoms with van der Waals surface area (Å²) in [6.07, 6.45) is 4.40. The Morgan fingerprint density at radius 2 is 1.93 bits per heavy atom. The number of amides is 1. The molecule has 0 unspecified atom stereocenters. The topological polar surface area (TPSA) is 118 Å². The number of carbonyl (C=O) groups is 2. The van der Waals surface area contributed by atoms with Crippen molar-refractivity contribution in [3.8, 4) is 5.69 Å². The van der Waals surface area contributed by atoms with Gasteiger partial charge < -0.3 is 10.4 Å². The lowest BCUT2D eigenvalue weighted by atomic mass is 10.1. The number of carboxylic acid groups (broad SMARTS) is 1. The van der Waals surface area contributed by atoms with Gasteiger partial charge >= 0.3 is 5.97 Å². The van der Waals surface area contributed by atoms with Crippen LogP contribution in [0.3, 0.4) is 0 Å². The largest absolute Gasteiger partial charge is 0.478 e. The van der Waals surface area contributed by atoms with Crippen molar-refractivity contribution in [2.75, 3.05) is 11.6 Å². The van der Waals surface area contributed by atoms with Crippen molar-refractivity contribution < 1.29 is 23.1 Å². The highest BCUT2D eigenvalue weighted by Crippen LogP contribution is 2.37. The molecule has 1 aromatic heterocycles. The van der Waals surface area contributed by atoms with E-state index in [1.54, 1.807) is 31.2 Å². The van der Waals surface area contributed by atoms with Gasteiger partial charge in [-0.2, -0.15) is 5.10 Å². The van der Waals surface area contributed by atoms with Crippen LogP contribution in [0, 0.1) is 6.92 Å². The lowest BCUT2D eigenvalue weighted by molar-refractivity contribution is -0.118. The second-order valence-corrected chi connectivity index (χ2v) is 9.16. The first-order valence-electron chi connectivity index (χ1n) is 8.55. The number of aromatic nitrogens is 2. The Balaban J connectivity index is 1.91. The van der Waals surface area contributed by atoms with E-state index in [4.69, 9.17) is 5.11 Å².